The van der Waals surface area contributed by atoms with Gasteiger partial charge in [-0.25, -0.2) is 22.7 Å². The van der Waals surface area contributed by atoms with Gasteiger partial charge < -0.3 is 9.30 Å². The minimum Gasteiger partial charge on any atom is -0.497 e. The summed E-state index contributed by atoms with van der Waals surface area (Å²) in [6.07, 6.45) is 4.65. The molecule has 0 amide bonds. The third-order valence-electron chi connectivity index (χ3n) is 5.31. The Balaban J connectivity index is 1.64. The van der Waals surface area contributed by atoms with Gasteiger partial charge in [-0.05, 0) is 48.9 Å². The van der Waals surface area contributed by atoms with Crippen molar-refractivity contribution >= 4 is 32.8 Å². The highest BCUT2D eigenvalue weighted by molar-refractivity contribution is 7.98. The highest BCUT2D eigenvalue weighted by atomic mass is 32.2. The molecule has 0 unspecified atom stereocenters. The van der Waals surface area contributed by atoms with Gasteiger partial charge in [-0.3, -0.25) is 4.57 Å². The van der Waals surface area contributed by atoms with Crippen LogP contribution in [0, 0.1) is 0 Å². The number of benzene rings is 2. The first kappa shape index (κ1) is 23.3. The van der Waals surface area contributed by atoms with Gasteiger partial charge in [-0.2, -0.15) is 0 Å². The fourth-order valence-corrected chi connectivity index (χ4v) is 5.42. The van der Waals surface area contributed by atoms with Crippen molar-refractivity contribution in [2.75, 3.05) is 21.2 Å². The molecule has 2 aromatic heterocycles. The number of aromatic nitrogens is 4. The molecule has 0 saturated carbocycles. The Morgan fingerprint density at radius 3 is 2.55 bits per heavy atom. The molecule has 0 aliphatic carbocycles. The van der Waals surface area contributed by atoms with Gasteiger partial charge in [0, 0.05) is 38.7 Å². The second-order valence-electron chi connectivity index (χ2n) is 7.68. The smallest absolute Gasteiger partial charge is 0.242 e. The van der Waals surface area contributed by atoms with Crippen molar-refractivity contribution in [3.05, 3.63) is 60.7 Å². The van der Waals surface area contributed by atoms with E-state index in [2.05, 4.69) is 16.5 Å². The van der Waals surface area contributed by atoms with Crippen LogP contribution in [0.4, 0.5) is 0 Å². The number of hydrogen-bond acceptors (Lipinski definition) is 6. The van der Waals surface area contributed by atoms with Gasteiger partial charge in [0.1, 0.15) is 11.6 Å². The van der Waals surface area contributed by atoms with Gasteiger partial charge in [-0.15, -0.1) is 0 Å². The monoisotopic (exact) mass is 485 g/mol. The van der Waals surface area contributed by atoms with Crippen molar-refractivity contribution in [3.8, 4) is 11.4 Å². The number of imidazole rings is 2. The average molecular weight is 486 g/mol. The molecule has 0 saturated heterocycles. The fraction of sp³-hybridized carbons (Fsp3) is 0.304. The second-order valence-corrected chi connectivity index (χ2v) is 10.8. The molecule has 0 bridgehead atoms. The van der Waals surface area contributed by atoms with Crippen molar-refractivity contribution in [1.29, 1.82) is 0 Å². The average Bonchev–Trinajstić information content (AvgIpc) is 3.42. The predicted octanol–water partition coefficient (Wildman–Crippen LogP) is 4.18. The van der Waals surface area contributed by atoms with Gasteiger partial charge >= 0.3 is 0 Å². The van der Waals surface area contributed by atoms with Gasteiger partial charge in [0.2, 0.25) is 10.0 Å². The summed E-state index contributed by atoms with van der Waals surface area (Å²) < 4.78 is 35.8. The normalized spacial score (nSPS) is 12.0. The van der Waals surface area contributed by atoms with Crippen LogP contribution in [0.2, 0.25) is 0 Å². The van der Waals surface area contributed by atoms with E-state index >= 15 is 0 Å². The quantitative estimate of drug-likeness (QED) is 0.331. The molecule has 10 heteroatoms. The molecule has 0 radical (unpaired) electrons. The first-order valence-electron chi connectivity index (χ1n) is 10.6. The number of fused-ring (bicyclic) bond motifs is 1. The van der Waals surface area contributed by atoms with Crippen LogP contribution >= 0.6 is 11.8 Å². The maximum atomic E-state index is 12.6. The number of methoxy groups -OCH3 is 1. The number of thioether (sulfide) groups is 1. The minimum absolute atomic E-state index is 0.246. The van der Waals surface area contributed by atoms with E-state index in [1.54, 1.807) is 37.2 Å². The van der Waals surface area contributed by atoms with E-state index in [9.17, 15) is 8.42 Å². The number of hydrogen-bond donors (Lipinski definition) is 0. The Hall–Kier alpha value is -2.82. The summed E-state index contributed by atoms with van der Waals surface area (Å²) in [5.41, 5.74) is 2.61. The fourth-order valence-electron chi connectivity index (χ4n) is 3.58. The molecule has 0 aliphatic heterocycles. The maximum absolute atomic E-state index is 12.6. The van der Waals surface area contributed by atoms with Crippen LogP contribution in [0.5, 0.6) is 5.75 Å². The number of aryl methyl sites for hydroxylation is 1. The Kier molecular flexibility index (Phi) is 6.78. The predicted molar refractivity (Wildman–Crippen MR) is 131 cm³/mol. The zero-order valence-electron chi connectivity index (χ0n) is 19.1. The largest absolute Gasteiger partial charge is 0.497 e. The molecule has 4 rings (SSSR count). The first-order valence-corrected chi connectivity index (χ1v) is 13.0. The molecule has 4 aromatic rings. The van der Waals surface area contributed by atoms with Crippen LogP contribution < -0.4 is 4.74 Å². The molecule has 174 valence electrons. The summed E-state index contributed by atoms with van der Waals surface area (Å²) in [7, 11) is 1.19. The van der Waals surface area contributed by atoms with Crippen LogP contribution in [0.1, 0.15) is 19.2 Å². The van der Waals surface area contributed by atoms with Gasteiger partial charge in [0.05, 0.1) is 28.8 Å². The zero-order chi connectivity index (χ0) is 23.6. The number of rotatable bonds is 9. The first-order chi connectivity index (χ1) is 15.8. The van der Waals surface area contributed by atoms with Crippen LogP contribution in [0.25, 0.3) is 16.7 Å². The van der Waals surface area contributed by atoms with E-state index in [0.717, 1.165) is 40.9 Å². The molecule has 0 spiro atoms. The van der Waals surface area contributed by atoms with Crippen LogP contribution in [-0.2, 0) is 22.3 Å². The summed E-state index contributed by atoms with van der Waals surface area (Å²) in [6, 6.07) is 13.0. The number of ether oxygens (including phenoxy) is 1. The lowest BCUT2D eigenvalue weighted by Crippen LogP contribution is -2.22. The maximum Gasteiger partial charge on any atom is 0.242 e. The van der Waals surface area contributed by atoms with E-state index in [1.807, 2.05) is 41.1 Å². The third kappa shape index (κ3) is 4.64. The topological polar surface area (TPSA) is 82.2 Å². The Morgan fingerprint density at radius 2 is 1.88 bits per heavy atom. The SMILES string of the molecule is CCCn1c(CSc2nccn2-c2ccc(OC)cc2)nc2cc(S(=O)(=O)N(C)C)ccc21. The van der Waals surface area contributed by atoms with Crippen LogP contribution in [0.3, 0.4) is 0 Å². The summed E-state index contributed by atoms with van der Waals surface area (Å²) in [5, 5.41) is 0.853. The summed E-state index contributed by atoms with van der Waals surface area (Å²) >= 11 is 1.59. The highest BCUT2D eigenvalue weighted by Crippen LogP contribution is 2.28. The highest BCUT2D eigenvalue weighted by Gasteiger charge is 2.20. The molecule has 8 nitrogen and oxygen atoms in total. The summed E-state index contributed by atoms with van der Waals surface area (Å²) in [6.45, 7) is 2.92. The summed E-state index contributed by atoms with van der Waals surface area (Å²) in [4.78, 5) is 9.56. The molecular weight excluding hydrogens is 458 g/mol. The van der Waals surface area contributed by atoms with Gasteiger partial charge in [0.25, 0.3) is 0 Å². The van der Waals surface area contributed by atoms with Crippen molar-refractivity contribution in [3.63, 3.8) is 0 Å². The van der Waals surface area contributed by atoms with Crippen LogP contribution in [0.15, 0.2) is 64.9 Å². The van der Waals surface area contributed by atoms with Crippen LogP contribution in [-0.4, -0.2) is 53.0 Å². The van der Waals surface area contributed by atoms with Crippen molar-refractivity contribution < 1.29 is 13.2 Å². The molecule has 33 heavy (non-hydrogen) atoms. The molecular formula is C23H27N5O3S2. The van der Waals surface area contributed by atoms with Crippen molar-refractivity contribution in [2.24, 2.45) is 0 Å². The van der Waals surface area contributed by atoms with E-state index in [4.69, 9.17) is 9.72 Å². The van der Waals surface area contributed by atoms with Gasteiger partial charge in [0.15, 0.2) is 5.16 Å². The van der Waals surface area contributed by atoms with Crippen molar-refractivity contribution in [2.45, 2.75) is 35.7 Å². The second kappa shape index (κ2) is 9.58. The van der Waals surface area contributed by atoms with E-state index < -0.39 is 10.0 Å². The molecule has 0 N–H and O–H groups in total. The van der Waals surface area contributed by atoms with Crippen molar-refractivity contribution in [1.82, 2.24) is 23.4 Å². The number of sulfonamides is 1. The zero-order valence-corrected chi connectivity index (χ0v) is 20.7. The Labute approximate surface area is 198 Å². The molecule has 0 aliphatic rings. The standard InChI is InChI=1S/C23H27N5O3S2/c1-5-13-28-21-11-10-19(33(29,30)26(2)3)15-20(21)25-22(28)16-32-23-24-12-14-27(23)17-6-8-18(31-4)9-7-17/h6-12,14-15H,5,13,16H2,1-4H3. The van der Waals surface area contributed by atoms with E-state index in [1.165, 1.54) is 18.4 Å². The lowest BCUT2D eigenvalue weighted by atomic mass is 10.3. The lowest BCUT2D eigenvalue weighted by molar-refractivity contribution is 0.414. The van der Waals surface area contributed by atoms with E-state index in [-0.39, 0.29) is 4.90 Å². The Morgan fingerprint density at radius 1 is 1.12 bits per heavy atom. The summed E-state index contributed by atoms with van der Waals surface area (Å²) in [5.74, 6) is 2.30. The van der Waals surface area contributed by atoms with Gasteiger partial charge in [-0.1, -0.05) is 18.7 Å². The molecule has 0 atom stereocenters. The third-order valence-corrected chi connectivity index (χ3v) is 8.09. The lowest BCUT2D eigenvalue weighted by Gasteiger charge is -2.11. The molecule has 0 fully saturated rings. The Bertz CT molecular complexity index is 1360. The van der Waals surface area contributed by atoms with E-state index in [0.29, 0.717) is 11.3 Å². The molecule has 2 aromatic carbocycles. The minimum atomic E-state index is -3.52. The molecule has 2 heterocycles. The number of nitrogens with zero attached hydrogens (tertiary/aromatic N) is 5.